The average molecular weight is 330 g/mol. The van der Waals surface area contributed by atoms with Crippen molar-refractivity contribution in [2.24, 2.45) is 0 Å². The van der Waals surface area contributed by atoms with Crippen molar-refractivity contribution in [2.75, 3.05) is 19.9 Å². The van der Waals surface area contributed by atoms with Gasteiger partial charge >= 0.3 is 5.97 Å². The third-order valence-electron chi connectivity index (χ3n) is 3.93. The summed E-state index contributed by atoms with van der Waals surface area (Å²) in [6.45, 7) is -0.464. The van der Waals surface area contributed by atoms with Gasteiger partial charge in [0.05, 0.1) is 5.41 Å². The van der Waals surface area contributed by atoms with Crippen LogP contribution in [0.2, 0.25) is 5.02 Å². The summed E-state index contributed by atoms with van der Waals surface area (Å²) in [6.07, 6.45) is 0.725. The van der Waals surface area contributed by atoms with Crippen LogP contribution in [0, 0.1) is 0 Å². The van der Waals surface area contributed by atoms with Crippen molar-refractivity contribution >= 4 is 23.5 Å². The monoisotopic (exact) mass is 329 g/mol. The minimum absolute atomic E-state index is 0.353. The number of amides is 1. The van der Waals surface area contributed by atoms with Gasteiger partial charge in [0.15, 0.2) is 6.04 Å². The molecule has 0 aromatic heterocycles. The van der Waals surface area contributed by atoms with E-state index in [1.807, 2.05) is 0 Å². The fourth-order valence-electron chi connectivity index (χ4n) is 2.65. The standard InChI is InChI=1S/C15H17ClFNO4/c16-11-4-2-1-3-10(11)15(5-7-22-8-6-15)14(21)18-12(9-17)13(19)20/h1-4,12H,5-9H2,(H,18,21)(H,19,20). The average Bonchev–Trinajstić information content (AvgIpc) is 2.53. The van der Waals surface area contributed by atoms with Crippen LogP contribution in [-0.2, 0) is 19.7 Å². The molecule has 0 aliphatic carbocycles. The zero-order valence-electron chi connectivity index (χ0n) is 11.9. The van der Waals surface area contributed by atoms with E-state index in [0.717, 1.165) is 0 Å². The van der Waals surface area contributed by atoms with Gasteiger partial charge in [-0.1, -0.05) is 29.8 Å². The highest BCUT2D eigenvalue weighted by molar-refractivity contribution is 6.31. The first-order valence-electron chi connectivity index (χ1n) is 6.94. The topological polar surface area (TPSA) is 75.6 Å². The number of alkyl halides is 1. The van der Waals surface area contributed by atoms with Gasteiger partial charge in [-0.05, 0) is 24.5 Å². The molecular formula is C15H17ClFNO4. The van der Waals surface area contributed by atoms with E-state index in [1.54, 1.807) is 24.3 Å². The van der Waals surface area contributed by atoms with E-state index >= 15 is 0 Å². The molecule has 1 atom stereocenters. The first-order chi connectivity index (χ1) is 10.5. The molecule has 0 spiro atoms. The summed E-state index contributed by atoms with van der Waals surface area (Å²) in [5.74, 6) is -1.94. The highest BCUT2D eigenvalue weighted by Gasteiger charge is 2.44. The number of carboxylic acid groups (broad SMARTS) is 1. The predicted octanol–water partition coefficient (Wildman–Crippen LogP) is 1.93. The number of benzene rings is 1. The molecule has 22 heavy (non-hydrogen) atoms. The molecule has 1 amide bonds. The Morgan fingerprint density at radius 2 is 2.00 bits per heavy atom. The summed E-state index contributed by atoms with van der Waals surface area (Å²) in [4.78, 5) is 23.6. The number of aliphatic carboxylic acids is 1. The Kier molecular flexibility index (Phi) is 5.37. The molecule has 1 unspecified atom stereocenters. The Hall–Kier alpha value is -1.66. The number of hydrogen-bond donors (Lipinski definition) is 2. The van der Waals surface area contributed by atoms with Crippen molar-refractivity contribution in [2.45, 2.75) is 24.3 Å². The summed E-state index contributed by atoms with van der Waals surface area (Å²) in [5.41, 5.74) is -0.389. The Labute approximate surface area is 132 Å². The van der Waals surface area contributed by atoms with Crippen molar-refractivity contribution in [3.05, 3.63) is 34.9 Å². The molecule has 1 aliphatic heterocycles. The van der Waals surface area contributed by atoms with Crippen molar-refractivity contribution in [1.82, 2.24) is 5.32 Å². The van der Waals surface area contributed by atoms with Crippen LogP contribution < -0.4 is 5.32 Å². The van der Waals surface area contributed by atoms with Gasteiger partial charge in [-0.3, -0.25) is 4.79 Å². The first kappa shape index (κ1) is 16.7. The SMILES string of the molecule is O=C(O)C(CF)NC(=O)C1(c2ccccc2Cl)CCOCC1. The van der Waals surface area contributed by atoms with Crippen LogP contribution in [0.1, 0.15) is 18.4 Å². The molecule has 1 heterocycles. The molecule has 1 fully saturated rings. The molecular weight excluding hydrogens is 313 g/mol. The molecule has 2 rings (SSSR count). The van der Waals surface area contributed by atoms with E-state index in [0.29, 0.717) is 36.6 Å². The second kappa shape index (κ2) is 7.07. The predicted molar refractivity (Wildman–Crippen MR) is 78.7 cm³/mol. The third kappa shape index (κ3) is 3.23. The van der Waals surface area contributed by atoms with Gasteiger partial charge in [-0.2, -0.15) is 0 Å². The van der Waals surface area contributed by atoms with Crippen LogP contribution >= 0.6 is 11.6 Å². The third-order valence-corrected chi connectivity index (χ3v) is 4.26. The molecule has 7 heteroatoms. The number of rotatable bonds is 5. The molecule has 120 valence electrons. The lowest BCUT2D eigenvalue weighted by molar-refractivity contribution is -0.144. The summed E-state index contributed by atoms with van der Waals surface area (Å²) in [5, 5.41) is 11.6. The zero-order chi connectivity index (χ0) is 16.2. The van der Waals surface area contributed by atoms with E-state index in [-0.39, 0.29) is 0 Å². The van der Waals surface area contributed by atoms with Gasteiger partial charge in [0, 0.05) is 18.2 Å². The summed E-state index contributed by atoms with van der Waals surface area (Å²) < 4.78 is 18.1. The summed E-state index contributed by atoms with van der Waals surface area (Å²) in [6, 6.07) is 5.35. The van der Waals surface area contributed by atoms with Gasteiger partial charge in [0.25, 0.3) is 0 Å². The number of carbonyl (C=O) groups excluding carboxylic acids is 1. The quantitative estimate of drug-likeness (QED) is 0.865. The maximum Gasteiger partial charge on any atom is 0.328 e. The second-order valence-corrected chi connectivity index (χ2v) is 5.60. The van der Waals surface area contributed by atoms with Crippen LogP contribution in [0.25, 0.3) is 0 Å². The smallest absolute Gasteiger partial charge is 0.328 e. The lowest BCUT2D eigenvalue weighted by Crippen LogP contribution is -2.53. The highest BCUT2D eigenvalue weighted by atomic mass is 35.5. The molecule has 0 saturated carbocycles. The minimum atomic E-state index is -1.56. The Bertz CT molecular complexity index is 560. The van der Waals surface area contributed by atoms with E-state index in [2.05, 4.69) is 5.32 Å². The molecule has 1 aromatic rings. The second-order valence-electron chi connectivity index (χ2n) is 5.19. The molecule has 2 N–H and O–H groups in total. The van der Waals surface area contributed by atoms with Crippen LogP contribution in [0.15, 0.2) is 24.3 Å². The molecule has 1 aliphatic rings. The zero-order valence-corrected chi connectivity index (χ0v) is 12.6. The number of carbonyl (C=O) groups is 2. The van der Waals surface area contributed by atoms with Gasteiger partial charge in [0.1, 0.15) is 6.67 Å². The van der Waals surface area contributed by atoms with Crippen molar-refractivity contribution in [3.63, 3.8) is 0 Å². The summed E-state index contributed by atoms with van der Waals surface area (Å²) in [7, 11) is 0. The number of hydrogen-bond acceptors (Lipinski definition) is 3. The fraction of sp³-hybridized carbons (Fsp3) is 0.467. The largest absolute Gasteiger partial charge is 0.480 e. The van der Waals surface area contributed by atoms with Crippen LogP contribution in [0.5, 0.6) is 0 Å². The Morgan fingerprint density at radius 3 is 2.55 bits per heavy atom. The first-order valence-corrected chi connectivity index (χ1v) is 7.31. The van der Waals surface area contributed by atoms with Crippen LogP contribution in [0.3, 0.4) is 0 Å². The maximum absolute atomic E-state index is 12.8. The Morgan fingerprint density at radius 1 is 1.36 bits per heavy atom. The number of nitrogens with one attached hydrogen (secondary N) is 1. The fourth-order valence-corrected chi connectivity index (χ4v) is 2.97. The van der Waals surface area contributed by atoms with Gasteiger partial charge in [-0.15, -0.1) is 0 Å². The summed E-state index contributed by atoms with van der Waals surface area (Å²) >= 11 is 6.21. The lowest BCUT2D eigenvalue weighted by Gasteiger charge is -2.37. The highest BCUT2D eigenvalue weighted by Crippen LogP contribution is 2.38. The molecule has 0 radical (unpaired) electrons. The van der Waals surface area contributed by atoms with Crippen molar-refractivity contribution in [3.8, 4) is 0 Å². The maximum atomic E-state index is 12.8. The minimum Gasteiger partial charge on any atom is -0.480 e. The number of halogens is 2. The van der Waals surface area contributed by atoms with E-state index in [9.17, 15) is 14.0 Å². The Balaban J connectivity index is 2.35. The van der Waals surface area contributed by atoms with Crippen molar-refractivity contribution < 1.29 is 23.8 Å². The molecule has 1 aromatic carbocycles. The molecule has 0 bridgehead atoms. The van der Waals surface area contributed by atoms with Gasteiger partial charge in [-0.25, -0.2) is 9.18 Å². The number of carboxylic acids is 1. The molecule has 1 saturated heterocycles. The normalized spacial score (nSPS) is 18.5. The van der Waals surface area contributed by atoms with E-state index < -0.39 is 30.0 Å². The van der Waals surface area contributed by atoms with Crippen LogP contribution in [0.4, 0.5) is 4.39 Å². The molecule has 5 nitrogen and oxygen atoms in total. The van der Waals surface area contributed by atoms with Crippen molar-refractivity contribution in [1.29, 1.82) is 0 Å². The van der Waals surface area contributed by atoms with Gasteiger partial charge < -0.3 is 15.2 Å². The van der Waals surface area contributed by atoms with Crippen LogP contribution in [-0.4, -0.2) is 42.9 Å². The van der Waals surface area contributed by atoms with E-state index in [4.69, 9.17) is 21.4 Å². The number of ether oxygens (including phenoxy) is 1. The van der Waals surface area contributed by atoms with Gasteiger partial charge in [0.2, 0.25) is 5.91 Å². The van der Waals surface area contributed by atoms with E-state index in [1.165, 1.54) is 0 Å². The lowest BCUT2D eigenvalue weighted by atomic mass is 9.73.